The summed E-state index contributed by atoms with van der Waals surface area (Å²) < 4.78 is 0. The second-order valence-corrected chi connectivity index (χ2v) is 5.52. The highest BCUT2D eigenvalue weighted by Gasteiger charge is 2.08. The molecule has 21 heavy (non-hydrogen) atoms. The Labute approximate surface area is 135 Å². The van der Waals surface area contributed by atoms with Crippen molar-refractivity contribution in [2.45, 2.75) is 26.8 Å². The number of anilines is 2. The van der Waals surface area contributed by atoms with Crippen LogP contribution in [-0.2, 0) is 13.0 Å². The van der Waals surface area contributed by atoms with E-state index in [4.69, 9.17) is 23.2 Å². The normalized spacial score (nSPS) is 10.5. The average molecular weight is 324 g/mol. The van der Waals surface area contributed by atoms with Crippen molar-refractivity contribution in [1.29, 1.82) is 0 Å². The van der Waals surface area contributed by atoms with Gasteiger partial charge in [0.15, 0.2) is 0 Å². The zero-order chi connectivity index (χ0) is 15.2. The maximum atomic E-state index is 6.18. The number of pyridine rings is 1. The minimum atomic E-state index is 0.520. The Morgan fingerprint density at radius 2 is 1.48 bits per heavy atom. The van der Waals surface area contributed by atoms with Gasteiger partial charge in [0.1, 0.15) is 11.6 Å². The van der Waals surface area contributed by atoms with Gasteiger partial charge in [0.25, 0.3) is 0 Å². The first kappa shape index (κ1) is 15.9. The lowest BCUT2D eigenvalue weighted by Gasteiger charge is -2.12. The van der Waals surface area contributed by atoms with Gasteiger partial charge in [-0.2, -0.15) is 0 Å². The number of aromatic nitrogens is 1. The Bertz CT molecular complexity index is 597. The van der Waals surface area contributed by atoms with E-state index in [1.165, 1.54) is 11.1 Å². The number of hydrogen-bond acceptors (Lipinski definition) is 3. The Hall–Kier alpha value is -1.45. The lowest BCUT2D eigenvalue weighted by molar-refractivity contribution is 1.08. The van der Waals surface area contributed by atoms with Crippen molar-refractivity contribution in [3.63, 3.8) is 0 Å². The van der Waals surface area contributed by atoms with Crippen molar-refractivity contribution in [3.05, 3.63) is 51.5 Å². The molecule has 0 amide bonds. The van der Waals surface area contributed by atoms with Gasteiger partial charge in [-0.15, -0.1) is 0 Å². The van der Waals surface area contributed by atoms with E-state index in [9.17, 15) is 0 Å². The molecule has 0 saturated carbocycles. The molecular formula is C16H19Cl2N3. The molecule has 1 aromatic heterocycles. The summed E-state index contributed by atoms with van der Waals surface area (Å²) in [5, 5.41) is 7.41. The van der Waals surface area contributed by atoms with Crippen LogP contribution in [0.4, 0.5) is 11.6 Å². The maximum absolute atomic E-state index is 6.18. The zero-order valence-electron chi connectivity index (χ0n) is 12.2. The number of halogens is 2. The molecule has 2 aromatic rings. The second kappa shape index (κ2) is 7.53. The minimum Gasteiger partial charge on any atom is -0.369 e. The van der Waals surface area contributed by atoms with Crippen LogP contribution in [0.25, 0.3) is 0 Å². The van der Waals surface area contributed by atoms with Crippen molar-refractivity contribution in [1.82, 2.24) is 4.98 Å². The highest BCUT2D eigenvalue weighted by atomic mass is 35.5. The molecule has 0 bridgehead atoms. The van der Waals surface area contributed by atoms with Gasteiger partial charge in [-0.3, -0.25) is 0 Å². The van der Waals surface area contributed by atoms with Crippen LogP contribution in [0.1, 0.15) is 25.0 Å². The Morgan fingerprint density at radius 1 is 0.905 bits per heavy atom. The summed E-state index contributed by atoms with van der Waals surface area (Å²) in [5.41, 5.74) is 2.51. The molecule has 1 aromatic carbocycles. The average Bonchev–Trinajstić information content (AvgIpc) is 2.49. The summed E-state index contributed by atoms with van der Waals surface area (Å²) in [5.74, 6) is 1.28. The lowest BCUT2D eigenvalue weighted by Crippen LogP contribution is -2.06. The maximum Gasteiger partial charge on any atom is 0.147 e. The predicted octanol–water partition coefficient (Wildman–Crippen LogP) is 4.99. The first-order valence-electron chi connectivity index (χ1n) is 7.05. The fraction of sp³-hybridized carbons (Fsp3) is 0.312. The largest absolute Gasteiger partial charge is 0.369 e. The quantitative estimate of drug-likeness (QED) is 0.785. The van der Waals surface area contributed by atoms with E-state index in [2.05, 4.69) is 46.8 Å². The molecule has 0 fully saturated rings. The van der Waals surface area contributed by atoms with Gasteiger partial charge >= 0.3 is 0 Å². The van der Waals surface area contributed by atoms with Crippen molar-refractivity contribution in [3.8, 4) is 0 Å². The van der Waals surface area contributed by atoms with Crippen LogP contribution in [0.5, 0.6) is 0 Å². The van der Waals surface area contributed by atoms with E-state index in [1.807, 2.05) is 6.92 Å². The standard InChI is InChI=1S/C16H19Cl2N3/c1-3-11-5-7-12(8-6-11)10-20-16-14(18)9-13(17)15(21-16)19-4-2/h5-9H,3-4,10H2,1-2H3,(H2,19,20,21). The summed E-state index contributed by atoms with van der Waals surface area (Å²) in [7, 11) is 0. The van der Waals surface area contributed by atoms with Gasteiger partial charge in [-0.05, 0) is 30.5 Å². The van der Waals surface area contributed by atoms with E-state index in [0.29, 0.717) is 28.2 Å². The monoisotopic (exact) mass is 323 g/mol. The molecule has 0 aliphatic rings. The van der Waals surface area contributed by atoms with Crippen molar-refractivity contribution >= 4 is 34.8 Å². The first-order valence-corrected chi connectivity index (χ1v) is 7.81. The number of nitrogens with one attached hydrogen (secondary N) is 2. The van der Waals surface area contributed by atoms with Gasteiger partial charge in [-0.1, -0.05) is 54.4 Å². The molecule has 2 N–H and O–H groups in total. The van der Waals surface area contributed by atoms with Gasteiger partial charge < -0.3 is 10.6 Å². The van der Waals surface area contributed by atoms with Crippen LogP contribution in [0.2, 0.25) is 10.0 Å². The molecule has 0 saturated heterocycles. The minimum absolute atomic E-state index is 0.520. The van der Waals surface area contributed by atoms with Crippen LogP contribution >= 0.6 is 23.2 Å². The van der Waals surface area contributed by atoms with Crippen molar-refractivity contribution < 1.29 is 0 Å². The summed E-state index contributed by atoms with van der Waals surface area (Å²) >= 11 is 12.3. The van der Waals surface area contributed by atoms with Gasteiger partial charge in [0.2, 0.25) is 0 Å². The third kappa shape index (κ3) is 4.26. The molecule has 0 atom stereocenters. The molecule has 0 radical (unpaired) electrons. The van der Waals surface area contributed by atoms with Crippen LogP contribution in [0.3, 0.4) is 0 Å². The highest BCUT2D eigenvalue weighted by molar-refractivity contribution is 6.37. The van der Waals surface area contributed by atoms with Crippen molar-refractivity contribution in [2.24, 2.45) is 0 Å². The summed E-state index contributed by atoms with van der Waals surface area (Å²) in [4.78, 5) is 4.42. The number of nitrogens with zero attached hydrogens (tertiary/aromatic N) is 1. The molecule has 5 heteroatoms. The Kier molecular flexibility index (Phi) is 5.71. The van der Waals surface area contributed by atoms with Crippen LogP contribution < -0.4 is 10.6 Å². The van der Waals surface area contributed by atoms with E-state index < -0.39 is 0 Å². The zero-order valence-corrected chi connectivity index (χ0v) is 13.7. The van der Waals surface area contributed by atoms with Gasteiger partial charge in [0, 0.05) is 13.1 Å². The molecule has 0 unspecified atom stereocenters. The number of rotatable bonds is 6. The third-order valence-electron chi connectivity index (χ3n) is 3.16. The molecule has 112 valence electrons. The van der Waals surface area contributed by atoms with E-state index >= 15 is 0 Å². The molecular weight excluding hydrogens is 305 g/mol. The molecule has 0 aliphatic carbocycles. The van der Waals surface area contributed by atoms with Crippen LogP contribution in [0.15, 0.2) is 30.3 Å². The van der Waals surface area contributed by atoms with E-state index in [0.717, 1.165) is 13.0 Å². The molecule has 1 heterocycles. The number of hydrogen-bond donors (Lipinski definition) is 2. The van der Waals surface area contributed by atoms with Crippen molar-refractivity contribution in [2.75, 3.05) is 17.2 Å². The molecule has 3 nitrogen and oxygen atoms in total. The molecule has 2 rings (SSSR count). The second-order valence-electron chi connectivity index (χ2n) is 4.70. The van der Waals surface area contributed by atoms with E-state index in [1.54, 1.807) is 6.07 Å². The summed E-state index contributed by atoms with van der Waals surface area (Å²) in [6, 6.07) is 10.2. The summed E-state index contributed by atoms with van der Waals surface area (Å²) in [6.45, 7) is 5.57. The smallest absolute Gasteiger partial charge is 0.147 e. The van der Waals surface area contributed by atoms with Crippen LogP contribution in [-0.4, -0.2) is 11.5 Å². The SMILES string of the molecule is CCNc1nc(NCc2ccc(CC)cc2)c(Cl)cc1Cl. The first-order chi connectivity index (χ1) is 10.1. The fourth-order valence-electron chi connectivity index (χ4n) is 1.96. The highest BCUT2D eigenvalue weighted by Crippen LogP contribution is 2.29. The third-order valence-corrected chi connectivity index (χ3v) is 3.74. The fourth-order valence-corrected chi connectivity index (χ4v) is 2.45. The van der Waals surface area contributed by atoms with Gasteiger partial charge in [0.05, 0.1) is 10.0 Å². The molecule has 0 spiro atoms. The Morgan fingerprint density at radius 3 is 2.05 bits per heavy atom. The van der Waals surface area contributed by atoms with E-state index in [-0.39, 0.29) is 0 Å². The van der Waals surface area contributed by atoms with Gasteiger partial charge in [-0.25, -0.2) is 4.98 Å². The number of aryl methyl sites for hydroxylation is 1. The Balaban J connectivity index is 2.09. The predicted molar refractivity (Wildman–Crippen MR) is 91.6 cm³/mol. The molecule has 0 aliphatic heterocycles. The number of benzene rings is 1. The van der Waals surface area contributed by atoms with Crippen LogP contribution in [0, 0.1) is 0 Å². The topological polar surface area (TPSA) is 37.0 Å². The lowest BCUT2D eigenvalue weighted by atomic mass is 10.1. The summed E-state index contributed by atoms with van der Waals surface area (Å²) in [6.07, 6.45) is 1.05.